The van der Waals surface area contributed by atoms with E-state index in [0.29, 0.717) is 5.41 Å². The average Bonchev–Trinajstić information content (AvgIpc) is 2.98. The average molecular weight is 346 g/mol. The van der Waals surface area contributed by atoms with Crippen molar-refractivity contribution >= 4 is 22.6 Å². The summed E-state index contributed by atoms with van der Waals surface area (Å²) in [5, 5.41) is 0. The minimum Gasteiger partial charge on any atom is -0.0619 e. The molecule has 0 radical (unpaired) electrons. The molecule has 0 bridgehead atoms. The molecular formula is C17H15I. The van der Waals surface area contributed by atoms with Gasteiger partial charge in [0.15, 0.2) is 0 Å². The van der Waals surface area contributed by atoms with Gasteiger partial charge in [-0.2, -0.15) is 0 Å². The van der Waals surface area contributed by atoms with Gasteiger partial charge >= 0.3 is 0 Å². The maximum Gasteiger partial charge on any atom is 0.0215 e. The fourth-order valence-electron chi connectivity index (χ4n) is 3.94. The standard InChI is InChI=1S/C17H15I/c18-12-7-8-14-13-5-1-2-6-15(13)17(16(14)11-12)9-3-4-10-17/h1-2,5-8,11H,3-4,9-10H2. The lowest BCUT2D eigenvalue weighted by molar-refractivity contribution is 0.549. The van der Waals surface area contributed by atoms with Crippen LogP contribution in [0.2, 0.25) is 0 Å². The minimum atomic E-state index is 0.340. The predicted octanol–water partition coefficient (Wildman–Crippen LogP) is 5.13. The summed E-state index contributed by atoms with van der Waals surface area (Å²) >= 11 is 2.44. The Labute approximate surface area is 122 Å². The Morgan fingerprint density at radius 1 is 0.833 bits per heavy atom. The van der Waals surface area contributed by atoms with Gasteiger partial charge in [-0.05, 0) is 69.8 Å². The predicted molar refractivity (Wildman–Crippen MR) is 83.8 cm³/mol. The second-order valence-electron chi connectivity index (χ2n) is 5.52. The van der Waals surface area contributed by atoms with Crippen molar-refractivity contribution in [3.05, 3.63) is 57.2 Å². The Morgan fingerprint density at radius 3 is 2.39 bits per heavy atom. The molecule has 2 aliphatic carbocycles. The number of benzene rings is 2. The highest BCUT2D eigenvalue weighted by Crippen LogP contribution is 2.56. The van der Waals surface area contributed by atoms with E-state index in [-0.39, 0.29) is 0 Å². The summed E-state index contributed by atoms with van der Waals surface area (Å²) in [7, 11) is 0. The largest absolute Gasteiger partial charge is 0.0619 e. The first-order valence-electron chi connectivity index (χ1n) is 6.71. The molecule has 18 heavy (non-hydrogen) atoms. The first kappa shape index (κ1) is 11.0. The molecule has 0 N–H and O–H groups in total. The van der Waals surface area contributed by atoms with Gasteiger partial charge in [-0.15, -0.1) is 0 Å². The quantitative estimate of drug-likeness (QED) is 0.580. The molecule has 1 heteroatoms. The summed E-state index contributed by atoms with van der Waals surface area (Å²) in [5.41, 5.74) is 6.47. The Morgan fingerprint density at radius 2 is 1.56 bits per heavy atom. The van der Waals surface area contributed by atoms with Crippen LogP contribution in [-0.2, 0) is 5.41 Å². The molecule has 0 heterocycles. The van der Waals surface area contributed by atoms with Gasteiger partial charge in [0, 0.05) is 8.99 Å². The highest BCUT2D eigenvalue weighted by atomic mass is 127. The van der Waals surface area contributed by atoms with Crippen LogP contribution in [0.25, 0.3) is 11.1 Å². The molecule has 90 valence electrons. The summed E-state index contributed by atoms with van der Waals surface area (Å²) in [5.74, 6) is 0. The third-order valence-corrected chi connectivity index (χ3v) is 5.36. The van der Waals surface area contributed by atoms with Crippen LogP contribution >= 0.6 is 22.6 Å². The molecule has 0 unspecified atom stereocenters. The Kier molecular flexibility index (Phi) is 2.35. The lowest BCUT2D eigenvalue weighted by Crippen LogP contribution is -2.20. The zero-order chi connectivity index (χ0) is 12.2. The second kappa shape index (κ2) is 3.83. The van der Waals surface area contributed by atoms with Crippen molar-refractivity contribution in [1.29, 1.82) is 0 Å². The van der Waals surface area contributed by atoms with E-state index in [1.165, 1.54) is 40.4 Å². The molecule has 2 aromatic carbocycles. The number of fused-ring (bicyclic) bond motifs is 5. The van der Waals surface area contributed by atoms with Gasteiger partial charge in [-0.1, -0.05) is 43.2 Å². The van der Waals surface area contributed by atoms with Gasteiger partial charge in [-0.25, -0.2) is 0 Å². The SMILES string of the molecule is Ic1ccc2c(c1)C1(CCCC1)c1ccccc1-2. The minimum absolute atomic E-state index is 0.340. The van der Waals surface area contributed by atoms with Gasteiger partial charge in [0.05, 0.1) is 0 Å². The van der Waals surface area contributed by atoms with Crippen LogP contribution in [0.3, 0.4) is 0 Å². The third kappa shape index (κ3) is 1.31. The molecule has 0 saturated heterocycles. The summed E-state index contributed by atoms with van der Waals surface area (Å²) in [6.45, 7) is 0. The number of rotatable bonds is 0. The normalized spacial score (nSPS) is 18.9. The molecule has 1 fully saturated rings. The van der Waals surface area contributed by atoms with Crippen molar-refractivity contribution in [3.63, 3.8) is 0 Å². The summed E-state index contributed by atoms with van der Waals surface area (Å²) < 4.78 is 1.37. The van der Waals surface area contributed by atoms with Crippen molar-refractivity contribution in [1.82, 2.24) is 0 Å². The summed E-state index contributed by atoms with van der Waals surface area (Å²) in [4.78, 5) is 0. The van der Waals surface area contributed by atoms with Crippen molar-refractivity contribution in [3.8, 4) is 11.1 Å². The molecule has 0 aliphatic heterocycles. The zero-order valence-corrected chi connectivity index (χ0v) is 12.4. The van der Waals surface area contributed by atoms with Crippen LogP contribution in [0, 0.1) is 3.57 Å². The van der Waals surface area contributed by atoms with E-state index >= 15 is 0 Å². The fourth-order valence-corrected chi connectivity index (χ4v) is 4.44. The highest BCUT2D eigenvalue weighted by Gasteiger charge is 2.44. The van der Waals surface area contributed by atoms with Crippen LogP contribution in [0.4, 0.5) is 0 Å². The van der Waals surface area contributed by atoms with Gasteiger partial charge in [-0.3, -0.25) is 0 Å². The third-order valence-electron chi connectivity index (χ3n) is 4.69. The monoisotopic (exact) mass is 346 g/mol. The van der Waals surface area contributed by atoms with Crippen LogP contribution in [-0.4, -0.2) is 0 Å². The molecule has 0 amide bonds. The van der Waals surface area contributed by atoms with Crippen molar-refractivity contribution in [2.75, 3.05) is 0 Å². The number of hydrogen-bond acceptors (Lipinski definition) is 0. The van der Waals surface area contributed by atoms with Crippen LogP contribution in [0.15, 0.2) is 42.5 Å². The number of halogens is 1. The first-order chi connectivity index (χ1) is 8.81. The Balaban J connectivity index is 2.08. The molecule has 0 nitrogen and oxygen atoms in total. The second-order valence-corrected chi connectivity index (χ2v) is 6.77. The smallest absolute Gasteiger partial charge is 0.0215 e. The molecule has 2 aliphatic rings. The van der Waals surface area contributed by atoms with Crippen molar-refractivity contribution in [2.24, 2.45) is 0 Å². The maximum absolute atomic E-state index is 2.44. The van der Waals surface area contributed by atoms with Gasteiger partial charge in [0.1, 0.15) is 0 Å². The van der Waals surface area contributed by atoms with Crippen molar-refractivity contribution in [2.45, 2.75) is 31.1 Å². The molecule has 0 aromatic heterocycles. The van der Waals surface area contributed by atoms with E-state index < -0.39 is 0 Å². The zero-order valence-electron chi connectivity index (χ0n) is 10.2. The van der Waals surface area contributed by atoms with Crippen LogP contribution in [0.5, 0.6) is 0 Å². The summed E-state index contributed by atoms with van der Waals surface area (Å²) in [6, 6.07) is 16.0. The van der Waals surface area contributed by atoms with E-state index in [4.69, 9.17) is 0 Å². The Bertz CT molecular complexity index is 621. The summed E-state index contributed by atoms with van der Waals surface area (Å²) in [6.07, 6.45) is 5.41. The maximum atomic E-state index is 2.44. The Hall–Kier alpha value is -0.830. The van der Waals surface area contributed by atoms with E-state index in [9.17, 15) is 0 Å². The van der Waals surface area contributed by atoms with Gasteiger partial charge in [0.25, 0.3) is 0 Å². The number of hydrogen-bond donors (Lipinski definition) is 0. The van der Waals surface area contributed by atoms with E-state index in [1.807, 2.05) is 0 Å². The molecule has 2 aromatic rings. The van der Waals surface area contributed by atoms with Gasteiger partial charge < -0.3 is 0 Å². The van der Waals surface area contributed by atoms with E-state index in [0.717, 1.165) is 0 Å². The van der Waals surface area contributed by atoms with E-state index in [2.05, 4.69) is 65.1 Å². The molecule has 0 atom stereocenters. The lowest BCUT2D eigenvalue weighted by atomic mass is 9.77. The molecule has 4 rings (SSSR count). The van der Waals surface area contributed by atoms with Crippen molar-refractivity contribution < 1.29 is 0 Å². The highest BCUT2D eigenvalue weighted by molar-refractivity contribution is 14.1. The molecular weight excluding hydrogens is 331 g/mol. The molecule has 1 spiro atoms. The van der Waals surface area contributed by atoms with Crippen LogP contribution in [0.1, 0.15) is 36.8 Å². The van der Waals surface area contributed by atoms with Gasteiger partial charge in [0.2, 0.25) is 0 Å². The lowest BCUT2D eigenvalue weighted by Gasteiger charge is -2.26. The topological polar surface area (TPSA) is 0 Å². The first-order valence-corrected chi connectivity index (χ1v) is 7.79. The fraction of sp³-hybridized carbons (Fsp3) is 0.294. The molecule has 1 saturated carbocycles. The van der Waals surface area contributed by atoms with E-state index in [1.54, 1.807) is 11.1 Å². The van der Waals surface area contributed by atoms with Crippen LogP contribution < -0.4 is 0 Å².